The number of methoxy groups -OCH3 is 2. The van der Waals surface area contributed by atoms with E-state index in [1.54, 1.807) is 19.9 Å². The monoisotopic (exact) mass is 361 g/mol. The van der Waals surface area contributed by atoms with Crippen LogP contribution in [0.1, 0.15) is 20.9 Å². The summed E-state index contributed by atoms with van der Waals surface area (Å²) in [5.41, 5.74) is 1.35. The quantitative estimate of drug-likeness (QED) is 0.467. The molecule has 8 nitrogen and oxygen atoms in total. The zero-order valence-electron chi connectivity index (χ0n) is 13.1. The summed E-state index contributed by atoms with van der Waals surface area (Å²) in [5, 5.41) is 5.50. The van der Waals surface area contributed by atoms with Crippen LogP contribution in [0.3, 0.4) is 0 Å². The maximum absolute atomic E-state index is 10.8. The second kappa shape index (κ2) is 9.18. The second-order valence-corrected chi connectivity index (χ2v) is 6.00. The Labute approximate surface area is 138 Å². The number of nitrogens with zero attached hydrogens (tertiary/aromatic N) is 2. The molecule has 0 aromatic carbocycles. The number of hydrogen-bond donors (Lipinski definition) is 0. The SMILES string of the molecule is COC(=O)c1cccs1.COC[N+](c1onc(C)c1C)=S(=O)=O. The first kappa shape index (κ1) is 19.0. The highest BCUT2D eigenvalue weighted by molar-refractivity contribution is 7.59. The van der Waals surface area contributed by atoms with E-state index in [9.17, 15) is 13.2 Å². The van der Waals surface area contributed by atoms with Gasteiger partial charge in [0, 0.05) is 7.11 Å². The van der Waals surface area contributed by atoms with Crippen LogP contribution < -0.4 is 0 Å². The summed E-state index contributed by atoms with van der Waals surface area (Å²) >= 11 is 1.38. The Balaban J connectivity index is 0.000000253. The van der Waals surface area contributed by atoms with Crippen molar-refractivity contribution in [3.63, 3.8) is 0 Å². The summed E-state index contributed by atoms with van der Waals surface area (Å²) < 4.78 is 36.6. The van der Waals surface area contributed by atoms with Gasteiger partial charge in [-0.25, -0.2) is 4.79 Å². The first-order chi connectivity index (χ1) is 10.9. The largest absolute Gasteiger partial charge is 0.470 e. The normalized spacial score (nSPS) is 9.74. The number of ether oxygens (including phenoxy) is 2. The fourth-order valence-corrected chi connectivity index (χ4v) is 2.56. The first-order valence-corrected chi connectivity index (χ1v) is 8.24. The van der Waals surface area contributed by atoms with Gasteiger partial charge in [0.25, 0.3) is 6.73 Å². The predicted octanol–water partition coefficient (Wildman–Crippen LogP) is 2.14. The minimum atomic E-state index is -2.43. The van der Waals surface area contributed by atoms with Gasteiger partial charge in [-0.1, -0.05) is 11.2 Å². The average molecular weight is 361 g/mol. The Morgan fingerprint density at radius 1 is 1.39 bits per heavy atom. The van der Waals surface area contributed by atoms with Crippen LogP contribution in [0.2, 0.25) is 0 Å². The van der Waals surface area contributed by atoms with Gasteiger partial charge in [-0.3, -0.25) is 4.52 Å². The molecule has 0 saturated carbocycles. The molecular weight excluding hydrogens is 344 g/mol. The molecule has 0 amide bonds. The van der Waals surface area contributed by atoms with Gasteiger partial charge in [-0.05, 0) is 29.2 Å². The molecule has 0 unspecified atom stereocenters. The molecule has 10 heteroatoms. The highest BCUT2D eigenvalue weighted by Gasteiger charge is 2.23. The molecule has 0 bridgehead atoms. The molecule has 2 heterocycles. The van der Waals surface area contributed by atoms with Crippen molar-refractivity contribution in [3.05, 3.63) is 33.6 Å². The summed E-state index contributed by atoms with van der Waals surface area (Å²) in [6, 6.07) is 3.55. The summed E-state index contributed by atoms with van der Waals surface area (Å²) in [6.07, 6.45) is 0. The van der Waals surface area contributed by atoms with Crippen molar-refractivity contribution in [1.29, 1.82) is 0 Å². The number of esters is 1. The van der Waals surface area contributed by atoms with Crippen LogP contribution in [0, 0.1) is 13.8 Å². The number of aromatic nitrogens is 1. The molecule has 0 aliphatic rings. The summed E-state index contributed by atoms with van der Waals surface area (Å²) in [5.74, 6) is -0.0670. The molecule has 0 atom stereocenters. The molecular formula is C13H17N2O6S2+. The van der Waals surface area contributed by atoms with Crippen LogP contribution >= 0.6 is 11.3 Å². The van der Waals surface area contributed by atoms with Crippen molar-refractivity contribution in [2.24, 2.45) is 0 Å². The Morgan fingerprint density at radius 2 is 2.09 bits per heavy atom. The van der Waals surface area contributed by atoms with Gasteiger partial charge in [-0.15, -0.1) is 19.8 Å². The van der Waals surface area contributed by atoms with Crippen molar-refractivity contribution < 1.29 is 31.2 Å². The molecule has 0 N–H and O–H groups in total. The van der Waals surface area contributed by atoms with Crippen molar-refractivity contribution in [1.82, 2.24) is 5.16 Å². The second-order valence-electron chi connectivity index (χ2n) is 4.18. The molecule has 2 rings (SSSR count). The van der Waals surface area contributed by atoms with Crippen molar-refractivity contribution in [3.8, 4) is 0 Å². The van der Waals surface area contributed by atoms with Crippen LogP contribution in [-0.4, -0.2) is 44.4 Å². The van der Waals surface area contributed by atoms with Crippen LogP contribution in [0.25, 0.3) is 0 Å². The van der Waals surface area contributed by atoms with Gasteiger partial charge in [0.15, 0.2) is 0 Å². The van der Waals surface area contributed by atoms with Gasteiger partial charge in [-0.2, -0.15) is 0 Å². The highest BCUT2D eigenvalue weighted by Crippen LogP contribution is 2.20. The first-order valence-electron chi connectivity index (χ1n) is 6.32. The molecule has 0 aliphatic carbocycles. The fraction of sp³-hybridized carbons (Fsp3) is 0.385. The molecule has 2 aromatic heterocycles. The zero-order chi connectivity index (χ0) is 17.4. The van der Waals surface area contributed by atoms with E-state index in [1.807, 2.05) is 11.4 Å². The Kier molecular flexibility index (Phi) is 7.59. The minimum absolute atomic E-state index is 0.0917. The van der Waals surface area contributed by atoms with Crippen LogP contribution in [0.15, 0.2) is 22.0 Å². The highest BCUT2D eigenvalue weighted by atomic mass is 32.2. The topological polar surface area (TPSA) is 98.7 Å². The van der Waals surface area contributed by atoms with Gasteiger partial charge in [0.2, 0.25) is 0 Å². The lowest BCUT2D eigenvalue weighted by Gasteiger charge is -1.90. The number of aryl methyl sites for hydroxylation is 1. The van der Waals surface area contributed by atoms with Crippen LogP contribution in [0.5, 0.6) is 0 Å². The summed E-state index contributed by atoms with van der Waals surface area (Å²) in [6.45, 7) is 3.38. The number of rotatable bonds is 4. The van der Waals surface area contributed by atoms with E-state index in [2.05, 4.69) is 9.89 Å². The molecule has 0 aliphatic heterocycles. The van der Waals surface area contributed by atoms with Crippen molar-refractivity contribution in [2.75, 3.05) is 21.0 Å². The van der Waals surface area contributed by atoms with Gasteiger partial charge < -0.3 is 9.47 Å². The molecule has 0 fully saturated rings. The lowest BCUT2D eigenvalue weighted by atomic mass is 10.3. The molecule has 23 heavy (non-hydrogen) atoms. The number of hydrogen-bond acceptors (Lipinski definition) is 8. The molecule has 126 valence electrons. The summed E-state index contributed by atoms with van der Waals surface area (Å²) in [4.78, 5) is 11.3. The number of carbonyl (C=O) groups is 1. The lowest BCUT2D eigenvalue weighted by Crippen LogP contribution is -2.08. The minimum Gasteiger partial charge on any atom is -0.465 e. The maximum atomic E-state index is 10.8. The smallest absolute Gasteiger partial charge is 0.465 e. The molecule has 2 aromatic rings. The predicted molar refractivity (Wildman–Crippen MR) is 82.4 cm³/mol. The van der Waals surface area contributed by atoms with E-state index in [0.29, 0.717) is 16.1 Å². The lowest BCUT2D eigenvalue weighted by molar-refractivity contribution is -0.479. The van der Waals surface area contributed by atoms with E-state index in [0.717, 1.165) is 3.95 Å². The van der Waals surface area contributed by atoms with E-state index in [-0.39, 0.29) is 18.6 Å². The molecule has 0 spiro atoms. The van der Waals surface area contributed by atoms with E-state index >= 15 is 0 Å². The van der Waals surface area contributed by atoms with Gasteiger partial charge in [0.05, 0.1) is 18.4 Å². The van der Waals surface area contributed by atoms with E-state index in [1.165, 1.54) is 25.6 Å². The fourth-order valence-electron chi connectivity index (χ4n) is 1.42. The Bertz CT molecular complexity index is 770. The number of thiophene rings is 1. The van der Waals surface area contributed by atoms with Crippen LogP contribution in [0.4, 0.5) is 5.88 Å². The Morgan fingerprint density at radius 3 is 2.48 bits per heavy atom. The Hall–Kier alpha value is -2.04. The number of carbonyl (C=O) groups excluding carboxylic acids is 1. The maximum Gasteiger partial charge on any atom is 0.470 e. The third-order valence-corrected chi connectivity index (χ3v) is 4.17. The van der Waals surface area contributed by atoms with E-state index < -0.39 is 10.5 Å². The average Bonchev–Trinajstić information content (AvgIpc) is 3.17. The molecule has 0 saturated heterocycles. The van der Waals surface area contributed by atoms with Crippen molar-refractivity contribution >= 4 is 33.7 Å². The van der Waals surface area contributed by atoms with E-state index in [4.69, 9.17) is 9.26 Å². The summed E-state index contributed by atoms with van der Waals surface area (Å²) in [7, 11) is 0.352. The molecule has 0 radical (unpaired) electrons. The van der Waals surface area contributed by atoms with Gasteiger partial charge in [0.1, 0.15) is 4.88 Å². The van der Waals surface area contributed by atoms with Crippen LogP contribution in [-0.2, 0) is 20.0 Å². The third-order valence-electron chi connectivity index (χ3n) is 2.69. The van der Waals surface area contributed by atoms with Crippen molar-refractivity contribution in [2.45, 2.75) is 13.8 Å². The standard InChI is InChI=1S/C7H11N2O4S.C6H6O2S/c1-5-6(2)8-13-7(5)9(4-12-3)14(10)11;1-8-6(7)5-3-2-4-9-5/h4H2,1-3H3;2-4H,1H3/q+1;. The third kappa shape index (κ3) is 5.27. The zero-order valence-corrected chi connectivity index (χ0v) is 14.7. The van der Waals surface area contributed by atoms with Gasteiger partial charge >= 0.3 is 22.4 Å².